The second-order valence-corrected chi connectivity index (χ2v) is 6.14. The number of hydrogen-bond donors (Lipinski definition) is 0. The van der Waals surface area contributed by atoms with E-state index in [4.69, 9.17) is 9.15 Å². The highest BCUT2D eigenvalue weighted by atomic mass is 16.5. The number of furan rings is 1. The molecule has 1 heterocycles. The van der Waals surface area contributed by atoms with Gasteiger partial charge in [0.05, 0.1) is 6.61 Å². The van der Waals surface area contributed by atoms with Crippen LogP contribution in [-0.4, -0.2) is 12.6 Å². The maximum atomic E-state index is 12.4. The van der Waals surface area contributed by atoms with E-state index in [2.05, 4.69) is 13.8 Å². The standard InChI is InChI=1S/C21H20O4/c1-4-24-20(22)18-17-12-15(13(2)3)10-11-16(19(17)25-21(18)23)14-8-6-5-7-9-14/h5-13H,4H2,1-3H3. The summed E-state index contributed by atoms with van der Waals surface area (Å²) in [4.78, 5) is 24.6. The highest BCUT2D eigenvalue weighted by molar-refractivity contribution is 5.99. The normalized spacial score (nSPS) is 11.0. The average Bonchev–Trinajstić information content (AvgIpc) is 2.79. The van der Waals surface area contributed by atoms with Crippen LogP contribution in [0.1, 0.15) is 42.6 Å². The number of benzene rings is 1. The molecule has 0 spiro atoms. The molecule has 0 bridgehead atoms. The van der Waals surface area contributed by atoms with Gasteiger partial charge in [-0.2, -0.15) is 0 Å². The van der Waals surface area contributed by atoms with Crippen LogP contribution in [0.4, 0.5) is 0 Å². The van der Waals surface area contributed by atoms with Crippen molar-refractivity contribution in [1.82, 2.24) is 0 Å². The molecule has 4 nitrogen and oxygen atoms in total. The van der Waals surface area contributed by atoms with E-state index >= 15 is 0 Å². The van der Waals surface area contributed by atoms with Gasteiger partial charge < -0.3 is 9.15 Å². The van der Waals surface area contributed by atoms with Crippen molar-refractivity contribution in [2.75, 3.05) is 6.61 Å². The molecule has 1 aromatic carbocycles. The third-order valence-electron chi connectivity index (χ3n) is 4.14. The molecule has 1 aliphatic heterocycles. The molecule has 3 rings (SSSR count). The van der Waals surface area contributed by atoms with Gasteiger partial charge in [0, 0.05) is 11.1 Å². The summed E-state index contributed by atoms with van der Waals surface area (Å²) in [5.41, 5.74) is 2.51. The van der Waals surface area contributed by atoms with Gasteiger partial charge in [-0.25, -0.2) is 9.59 Å². The molecule has 2 aliphatic rings. The van der Waals surface area contributed by atoms with Crippen molar-refractivity contribution < 1.29 is 13.9 Å². The minimum absolute atomic E-state index is 0.0351. The Morgan fingerprint density at radius 3 is 2.44 bits per heavy atom. The highest BCUT2D eigenvalue weighted by Crippen LogP contribution is 2.36. The summed E-state index contributed by atoms with van der Waals surface area (Å²) in [6, 6.07) is 15.4. The van der Waals surface area contributed by atoms with Crippen LogP contribution in [-0.2, 0) is 4.74 Å². The van der Waals surface area contributed by atoms with E-state index in [0.29, 0.717) is 11.3 Å². The maximum Gasteiger partial charge on any atom is 0.351 e. The summed E-state index contributed by atoms with van der Waals surface area (Å²) < 4.78 is 10.5. The largest absolute Gasteiger partial charge is 0.462 e. The van der Waals surface area contributed by atoms with Crippen molar-refractivity contribution in [3.05, 3.63) is 70.1 Å². The molecule has 0 amide bonds. The van der Waals surface area contributed by atoms with Gasteiger partial charge in [-0.1, -0.05) is 56.3 Å². The Kier molecular flexibility index (Phi) is 4.70. The van der Waals surface area contributed by atoms with Crippen LogP contribution in [0.5, 0.6) is 0 Å². The molecule has 128 valence electrons. The van der Waals surface area contributed by atoms with E-state index in [-0.39, 0.29) is 18.1 Å². The monoisotopic (exact) mass is 336 g/mol. The van der Waals surface area contributed by atoms with Gasteiger partial charge in [0.1, 0.15) is 5.76 Å². The lowest BCUT2D eigenvalue weighted by Crippen LogP contribution is -2.13. The number of hydrogen-bond acceptors (Lipinski definition) is 4. The number of carbonyl (C=O) groups is 1. The summed E-state index contributed by atoms with van der Waals surface area (Å²) in [7, 11) is 0. The van der Waals surface area contributed by atoms with Crippen LogP contribution in [0.25, 0.3) is 22.5 Å². The van der Waals surface area contributed by atoms with Crippen LogP contribution >= 0.6 is 0 Å². The predicted octanol–water partition coefficient (Wildman–Crippen LogP) is 4.71. The Bertz CT molecular complexity index is 922. The topological polar surface area (TPSA) is 56.5 Å². The van der Waals surface area contributed by atoms with Crippen molar-refractivity contribution >= 4 is 5.97 Å². The number of ether oxygens (including phenoxy) is 1. The van der Waals surface area contributed by atoms with Gasteiger partial charge in [0.2, 0.25) is 0 Å². The smallest absolute Gasteiger partial charge is 0.351 e. The van der Waals surface area contributed by atoms with E-state index in [1.54, 1.807) is 6.92 Å². The SMILES string of the molecule is CCOC(=O)c1c2cc(C(C)C)ccc(-c3ccccc3)c-2oc1=O. The second kappa shape index (κ2) is 6.93. The fourth-order valence-electron chi connectivity index (χ4n) is 2.83. The molecule has 0 radical (unpaired) electrons. The summed E-state index contributed by atoms with van der Waals surface area (Å²) in [5.74, 6) is -0.00316. The third kappa shape index (κ3) is 3.20. The Hall–Kier alpha value is -2.88. The predicted molar refractivity (Wildman–Crippen MR) is 97.1 cm³/mol. The molecular formula is C21H20O4. The summed E-state index contributed by atoms with van der Waals surface area (Å²) in [6.07, 6.45) is 0. The maximum absolute atomic E-state index is 12.4. The molecule has 1 aromatic rings. The van der Waals surface area contributed by atoms with Crippen LogP contribution < -0.4 is 5.63 Å². The molecule has 25 heavy (non-hydrogen) atoms. The molecule has 0 saturated carbocycles. The van der Waals surface area contributed by atoms with Gasteiger partial charge in [0.15, 0.2) is 5.56 Å². The third-order valence-corrected chi connectivity index (χ3v) is 4.14. The zero-order chi connectivity index (χ0) is 18.0. The lowest BCUT2D eigenvalue weighted by molar-refractivity contribution is 0.0524. The van der Waals surface area contributed by atoms with Gasteiger partial charge in [-0.3, -0.25) is 0 Å². The Balaban J connectivity index is 2.32. The first-order chi connectivity index (χ1) is 12.0. The zero-order valence-corrected chi connectivity index (χ0v) is 14.5. The van der Waals surface area contributed by atoms with Crippen molar-refractivity contribution in [2.45, 2.75) is 26.7 Å². The van der Waals surface area contributed by atoms with Gasteiger partial charge in [-0.15, -0.1) is 0 Å². The minimum Gasteiger partial charge on any atom is -0.462 e. The first-order valence-corrected chi connectivity index (χ1v) is 8.36. The van der Waals surface area contributed by atoms with Crippen molar-refractivity contribution in [3.63, 3.8) is 0 Å². The fraction of sp³-hybridized carbons (Fsp3) is 0.238. The lowest BCUT2D eigenvalue weighted by atomic mass is 10.0. The first kappa shape index (κ1) is 17.0. The summed E-state index contributed by atoms with van der Waals surface area (Å²) in [5, 5.41) is 0. The number of rotatable bonds is 4. The van der Waals surface area contributed by atoms with E-state index in [1.807, 2.05) is 48.5 Å². The van der Waals surface area contributed by atoms with E-state index in [9.17, 15) is 9.59 Å². The fourth-order valence-corrected chi connectivity index (χ4v) is 2.83. The zero-order valence-electron chi connectivity index (χ0n) is 14.5. The van der Waals surface area contributed by atoms with Crippen LogP contribution in [0.3, 0.4) is 0 Å². The molecule has 0 saturated heterocycles. The Morgan fingerprint density at radius 1 is 1.08 bits per heavy atom. The Labute approximate surface area is 146 Å². The minimum atomic E-state index is -0.661. The molecule has 0 aromatic heterocycles. The van der Waals surface area contributed by atoms with Gasteiger partial charge in [0.25, 0.3) is 0 Å². The van der Waals surface area contributed by atoms with E-state index in [1.165, 1.54) is 0 Å². The number of carbonyl (C=O) groups excluding carboxylic acids is 1. The quantitative estimate of drug-likeness (QED) is 0.647. The molecule has 4 heteroatoms. The van der Waals surface area contributed by atoms with Gasteiger partial charge >= 0.3 is 11.6 Å². The van der Waals surface area contributed by atoms with Crippen LogP contribution in [0.15, 0.2) is 57.7 Å². The molecule has 0 atom stereocenters. The summed E-state index contributed by atoms with van der Waals surface area (Å²) >= 11 is 0. The Morgan fingerprint density at radius 2 is 1.80 bits per heavy atom. The van der Waals surface area contributed by atoms with Crippen LogP contribution in [0, 0.1) is 0 Å². The first-order valence-electron chi connectivity index (χ1n) is 8.36. The highest BCUT2D eigenvalue weighted by Gasteiger charge is 2.27. The molecule has 0 N–H and O–H groups in total. The van der Waals surface area contributed by atoms with Crippen molar-refractivity contribution in [2.24, 2.45) is 0 Å². The van der Waals surface area contributed by atoms with E-state index < -0.39 is 11.6 Å². The number of fused-ring (bicyclic) bond motifs is 1. The molecule has 0 unspecified atom stereocenters. The molecule has 1 aliphatic carbocycles. The molecule has 0 fully saturated rings. The van der Waals surface area contributed by atoms with Crippen LogP contribution in [0.2, 0.25) is 0 Å². The molecular weight excluding hydrogens is 316 g/mol. The van der Waals surface area contributed by atoms with E-state index in [0.717, 1.165) is 16.7 Å². The average molecular weight is 336 g/mol. The van der Waals surface area contributed by atoms with Crippen molar-refractivity contribution in [1.29, 1.82) is 0 Å². The van der Waals surface area contributed by atoms with Gasteiger partial charge in [-0.05, 0) is 30.0 Å². The number of esters is 1. The van der Waals surface area contributed by atoms with Crippen molar-refractivity contribution in [3.8, 4) is 22.5 Å². The summed E-state index contributed by atoms with van der Waals surface area (Å²) in [6.45, 7) is 6.03. The lowest BCUT2D eigenvalue weighted by Gasteiger charge is -2.04. The second-order valence-electron chi connectivity index (χ2n) is 6.14.